The lowest BCUT2D eigenvalue weighted by Crippen LogP contribution is -2.35. The molecule has 0 amide bonds. The molecule has 8 heteroatoms. The molecular weight excluding hydrogens is 532 g/mol. The highest BCUT2D eigenvalue weighted by molar-refractivity contribution is 6.18. The standard InChI is InChI=1S/C29H33ClO4.C3H6O3/c1-2-27(22-8-4-3-5-9-22)29(31,23-11-15-25(16-12-23)32-21-19-30)24-13-17-26(18-14-24)34-28-10-6-7-20-33-28;1-2(4)3(5)6/h3-5,8-9,11-18,27-28,31H,2,6-7,10,19-21H2,1H3;2,4H,1H3,(H,5,6). The van der Waals surface area contributed by atoms with Gasteiger partial charge in [0.1, 0.15) is 29.8 Å². The number of carbonyl (C=O) groups is 1. The molecule has 1 aliphatic heterocycles. The summed E-state index contributed by atoms with van der Waals surface area (Å²) in [5, 5.41) is 28.2. The summed E-state index contributed by atoms with van der Waals surface area (Å²) in [7, 11) is 0. The first-order valence-corrected chi connectivity index (χ1v) is 14.2. The van der Waals surface area contributed by atoms with E-state index in [1.807, 2.05) is 66.7 Å². The second-order valence-corrected chi connectivity index (χ2v) is 10.0. The number of ether oxygens (including phenoxy) is 3. The lowest BCUT2D eigenvalue weighted by Gasteiger charge is -2.37. The molecule has 0 radical (unpaired) electrons. The fourth-order valence-corrected chi connectivity index (χ4v) is 4.81. The van der Waals surface area contributed by atoms with Gasteiger partial charge in [0.2, 0.25) is 0 Å². The van der Waals surface area contributed by atoms with Gasteiger partial charge in [-0.2, -0.15) is 0 Å². The number of aliphatic hydroxyl groups excluding tert-OH is 1. The monoisotopic (exact) mass is 570 g/mol. The van der Waals surface area contributed by atoms with Gasteiger partial charge in [0, 0.05) is 12.3 Å². The first-order chi connectivity index (χ1) is 19.3. The molecule has 0 aromatic heterocycles. The van der Waals surface area contributed by atoms with Crippen LogP contribution in [0.15, 0.2) is 78.9 Å². The number of aliphatic carboxylic acids is 1. The summed E-state index contributed by atoms with van der Waals surface area (Å²) in [6.45, 7) is 4.49. The molecular formula is C32H39ClO7. The highest BCUT2D eigenvalue weighted by Crippen LogP contribution is 2.45. The number of hydrogen-bond acceptors (Lipinski definition) is 6. The Bertz CT molecular complexity index is 1150. The van der Waals surface area contributed by atoms with Crippen molar-refractivity contribution in [2.45, 2.75) is 63.4 Å². The SMILES string of the molecule is CC(O)C(=O)O.CCC(c1ccccc1)C(O)(c1ccc(OCCCl)cc1)c1ccc(OC2CCCCO2)cc1. The summed E-state index contributed by atoms with van der Waals surface area (Å²) in [4.78, 5) is 9.45. The molecule has 40 heavy (non-hydrogen) atoms. The van der Waals surface area contributed by atoms with E-state index in [2.05, 4.69) is 19.1 Å². The minimum atomic E-state index is -1.24. The van der Waals surface area contributed by atoms with Gasteiger partial charge < -0.3 is 29.5 Å². The molecule has 216 valence electrons. The third kappa shape index (κ3) is 8.45. The topological polar surface area (TPSA) is 105 Å². The van der Waals surface area contributed by atoms with E-state index in [0.717, 1.165) is 60.5 Å². The second-order valence-electron chi connectivity index (χ2n) is 9.65. The number of alkyl halides is 1. The van der Waals surface area contributed by atoms with Crippen molar-refractivity contribution < 1.29 is 34.3 Å². The first kappa shape index (κ1) is 31.4. The number of carboxylic acid groups (broad SMARTS) is 1. The van der Waals surface area contributed by atoms with E-state index >= 15 is 0 Å². The highest BCUT2D eigenvalue weighted by Gasteiger charge is 2.40. The summed E-state index contributed by atoms with van der Waals surface area (Å²) in [5.74, 6) is 0.579. The van der Waals surface area contributed by atoms with Gasteiger partial charge in [-0.3, -0.25) is 0 Å². The lowest BCUT2D eigenvalue weighted by molar-refractivity contribution is -0.145. The van der Waals surface area contributed by atoms with Gasteiger partial charge in [-0.15, -0.1) is 11.6 Å². The van der Waals surface area contributed by atoms with Crippen LogP contribution in [0.5, 0.6) is 11.5 Å². The average Bonchev–Trinajstić information content (AvgIpc) is 2.98. The van der Waals surface area contributed by atoms with Crippen LogP contribution in [0.1, 0.15) is 62.1 Å². The Balaban J connectivity index is 0.000000663. The Labute approximate surface area is 241 Å². The number of carboxylic acids is 1. The van der Waals surface area contributed by atoms with Crippen molar-refractivity contribution in [2.24, 2.45) is 0 Å². The Kier molecular flexibility index (Phi) is 12.3. The van der Waals surface area contributed by atoms with Crippen molar-refractivity contribution in [2.75, 3.05) is 19.1 Å². The molecule has 7 nitrogen and oxygen atoms in total. The fraction of sp³-hybridized carbons (Fsp3) is 0.406. The molecule has 4 atom stereocenters. The number of halogens is 1. The van der Waals surface area contributed by atoms with Crippen LogP contribution in [0.4, 0.5) is 0 Å². The Morgan fingerprint density at radius 1 is 1.00 bits per heavy atom. The quantitative estimate of drug-likeness (QED) is 0.239. The zero-order valence-corrected chi connectivity index (χ0v) is 23.8. The van der Waals surface area contributed by atoms with Gasteiger partial charge in [0.05, 0.1) is 12.5 Å². The molecule has 3 aromatic carbocycles. The summed E-state index contributed by atoms with van der Waals surface area (Å²) in [5.41, 5.74) is 1.48. The van der Waals surface area contributed by atoms with Crippen molar-refractivity contribution in [3.8, 4) is 11.5 Å². The van der Waals surface area contributed by atoms with Crippen LogP contribution >= 0.6 is 11.6 Å². The third-order valence-corrected chi connectivity index (χ3v) is 6.97. The van der Waals surface area contributed by atoms with Gasteiger partial charge >= 0.3 is 5.97 Å². The van der Waals surface area contributed by atoms with Crippen molar-refractivity contribution in [1.82, 2.24) is 0 Å². The van der Waals surface area contributed by atoms with Gasteiger partial charge in [-0.25, -0.2) is 4.79 Å². The highest BCUT2D eigenvalue weighted by atomic mass is 35.5. The van der Waals surface area contributed by atoms with Crippen molar-refractivity contribution in [3.63, 3.8) is 0 Å². The average molecular weight is 571 g/mol. The van der Waals surface area contributed by atoms with Crippen LogP contribution in [0.25, 0.3) is 0 Å². The van der Waals surface area contributed by atoms with E-state index < -0.39 is 17.7 Å². The summed E-state index contributed by atoms with van der Waals surface area (Å²) in [6.07, 6.45) is 2.42. The molecule has 4 rings (SSSR count). The summed E-state index contributed by atoms with van der Waals surface area (Å²) < 4.78 is 17.4. The number of hydrogen-bond donors (Lipinski definition) is 3. The zero-order valence-electron chi connectivity index (χ0n) is 23.0. The van der Waals surface area contributed by atoms with E-state index in [9.17, 15) is 9.90 Å². The second kappa shape index (κ2) is 15.6. The number of benzene rings is 3. The van der Waals surface area contributed by atoms with Crippen LogP contribution in [-0.4, -0.2) is 52.8 Å². The van der Waals surface area contributed by atoms with Crippen molar-refractivity contribution in [3.05, 3.63) is 95.6 Å². The number of aliphatic hydroxyl groups is 2. The molecule has 1 saturated heterocycles. The molecule has 0 aliphatic carbocycles. The summed E-state index contributed by atoms with van der Waals surface area (Å²) in [6, 6.07) is 25.6. The van der Waals surface area contributed by atoms with Gasteiger partial charge in [0.25, 0.3) is 0 Å². The molecule has 3 aromatic rings. The Morgan fingerprint density at radius 3 is 2.05 bits per heavy atom. The molecule has 3 N–H and O–H groups in total. The molecule has 1 aliphatic rings. The molecule has 0 spiro atoms. The van der Waals surface area contributed by atoms with E-state index in [0.29, 0.717) is 12.5 Å². The predicted molar refractivity (Wildman–Crippen MR) is 155 cm³/mol. The van der Waals surface area contributed by atoms with E-state index in [-0.39, 0.29) is 12.2 Å². The largest absolute Gasteiger partial charge is 0.492 e. The Morgan fingerprint density at radius 2 is 1.57 bits per heavy atom. The maximum atomic E-state index is 12.4. The molecule has 1 fully saturated rings. The maximum Gasteiger partial charge on any atom is 0.332 e. The van der Waals surface area contributed by atoms with Gasteiger partial charge in [-0.1, -0.05) is 61.5 Å². The van der Waals surface area contributed by atoms with E-state index in [4.69, 9.17) is 36.0 Å². The molecule has 0 saturated carbocycles. The van der Waals surface area contributed by atoms with Crippen LogP contribution in [0.3, 0.4) is 0 Å². The van der Waals surface area contributed by atoms with Gasteiger partial charge in [0.15, 0.2) is 6.29 Å². The lowest BCUT2D eigenvalue weighted by atomic mass is 9.72. The van der Waals surface area contributed by atoms with E-state index in [1.165, 1.54) is 6.92 Å². The van der Waals surface area contributed by atoms with Crippen LogP contribution in [0.2, 0.25) is 0 Å². The predicted octanol–water partition coefficient (Wildman–Crippen LogP) is 6.09. The van der Waals surface area contributed by atoms with Crippen molar-refractivity contribution in [1.29, 1.82) is 0 Å². The van der Waals surface area contributed by atoms with Crippen LogP contribution in [0, 0.1) is 0 Å². The fourth-order valence-electron chi connectivity index (χ4n) is 4.73. The van der Waals surface area contributed by atoms with E-state index in [1.54, 1.807) is 0 Å². The molecule has 4 unspecified atom stereocenters. The van der Waals surface area contributed by atoms with Gasteiger partial charge in [-0.05, 0) is 67.1 Å². The first-order valence-electron chi connectivity index (χ1n) is 13.7. The maximum absolute atomic E-state index is 12.4. The number of rotatable bonds is 11. The van der Waals surface area contributed by atoms with Crippen LogP contribution < -0.4 is 9.47 Å². The smallest absolute Gasteiger partial charge is 0.332 e. The minimum absolute atomic E-state index is 0.142. The Hall–Kier alpha value is -3.10. The normalized spacial score (nSPS) is 17.9. The third-order valence-electron chi connectivity index (χ3n) is 6.81. The minimum Gasteiger partial charge on any atom is -0.492 e. The molecule has 0 bridgehead atoms. The van der Waals surface area contributed by atoms with Crippen molar-refractivity contribution >= 4 is 17.6 Å². The zero-order chi connectivity index (χ0) is 29.0. The van der Waals surface area contributed by atoms with Crippen LogP contribution in [-0.2, 0) is 15.1 Å². The summed E-state index contributed by atoms with van der Waals surface area (Å²) >= 11 is 5.75. The molecule has 1 heterocycles.